The molecule has 0 nitrogen and oxygen atoms in total. The normalized spacial score (nSPS) is 14.0. The summed E-state index contributed by atoms with van der Waals surface area (Å²) >= 11 is 6.30. The molecule has 0 bridgehead atoms. The highest BCUT2D eigenvalue weighted by Gasteiger charge is 2.21. The summed E-state index contributed by atoms with van der Waals surface area (Å²) in [5, 5.41) is -0.823. The van der Waals surface area contributed by atoms with Crippen molar-refractivity contribution in [2.24, 2.45) is 0 Å². The van der Waals surface area contributed by atoms with Gasteiger partial charge in [0.15, 0.2) is 0 Å². The van der Waals surface area contributed by atoms with Gasteiger partial charge in [-0.2, -0.15) is 0 Å². The van der Waals surface area contributed by atoms with Crippen LogP contribution in [0.1, 0.15) is 53.8 Å². The summed E-state index contributed by atoms with van der Waals surface area (Å²) in [6.45, 7) is 5.88. The van der Waals surface area contributed by atoms with Crippen molar-refractivity contribution in [2.75, 3.05) is 0 Å². The lowest BCUT2D eigenvalue weighted by molar-refractivity contribution is 0.553. The van der Waals surface area contributed by atoms with E-state index in [-0.39, 0.29) is 5.56 Å². The fourth-order valence-corrected chi connectivity index (χ4v) is 2.65. The van der Waals surface area contributed by atoms with Crippen molar-refractivity contribution < 1.29 is 8.78 Å². The highest BCUT2D eigenvalue weighted by molar-refractivity contribution is 6.22. The Labute approximate surface area is 129 Å². The van der Waals surface area contributed by atoms with Crippen molar-refractivity contribution in [3.05, 3.63) is 70.3 Å². The van der Waals surface area contributed by atoms with E-state index >= 15 is 0 Å². The van der Waals surface area contributed by atoms with Crippen molar-refractivity contribution in [2.45, 2.75) is 38.5 Å². The zero-order valence-corrected chi connectivity index (χ0v) is 13.2. The number of hydrogen-bond donors (Lipinski definition) is 0. The van der Waals surface area contributed by atoms with E-state index in [1.807, 2.05) is 24.3 Å². The molecule has 21 heavy (non-hydrogen) atoms. The molecule has 0 aromatic heterocycles. The maximum atomic E-state index is 14.1. The van der Waals surface area contributed by atoms with Gasteiger partial charge in [0.05, 0.1) is 5.38 Å². The second-order valence-corrected chi connectivity index (χ2v) is 5.87. The van der Waals surface area contributed by atoms with Gasteiger partial charge >= 0.3 is 0 Å². The number of aryl methyl sites for hydroxylation is 1. The van der Waals surface area contributed by atoms with Gasteiger partial charge in [0.2, 0.25) is 0 Å². The highest BCUT2D eigenvalue weighted by atomic mass is 35.5. The summed E-state index contributed by atoms with van der Waals surface area (Å²) in [4.78, 5) is 0. The molecule has 0 saturated carbocycles. The predicted molar refractivity (Wildman–Crippen MR) is 83.9 cm³/mol. The van der Waals surface area contributed by atoms with Crippen molar-refractivity contribution in [1.82, 2.24) is 0 Å². The Kier molecular flexibility index (Phi) is 5.00. The zero-order chi connectivity index (χ0) is 15.6. The molecule has 0 fully saturated rings. The topological polar surface area (TPSA) is 0 Å². The molecule has 0 spiro atoms. The Balaban J connectivity index is 2.37. The van der Waals surface area contributed by atoms with Crippen LogP contribution in [-0.4, -0.2) is 0 Å². The van der Waals surface area contributed by atoms with Gasteiger partial charge in [-0.1, -0.05) is 44.2 Å². The molecule has 0 aliphatic heterocycles. The van der Waals surface area contributed by atoms with E-state index in [0.29, 0.717) is 17.0 Å². The van der Waals surface area contributed by atoms with E-state index in [9.17, 15) is 8.78 Å². The Bertz CT molecular complexity index is 620. The van der Waals surface area contributed by atoms with Crippen LogP contribution >= 0.6 is 11.6 Å². The summed E-state index contributed by atoms with van der Waals surface area (Å²) < 4.78 is 28.0. The molecule has 2 aromatic rings. The number of halogens is 3. The first-order valence-corrected chi connectivity index (χ1v) is 7.57. The monoisotopic (exact) mass is 308 g/mol. The average Bonchev–Trinajstić information content (AvgIpc) is 2.50. The molecule has 0 radical (unpaired) electrons. The number of hydrogen-bond acceptors (Lipinski definition) is 0. The van der Waals surface area contributed by atoms with Crippen LogP contribution in [0, 0.1) is 18.6 Å². The largest absolute Gasteiger partial charge is 0.207 e. The van der Waals surface area contributed by atoms with Crippen LogP contribution < -0.4 is 0 Å². The Morgan fingerprint density at radius 2 is 1.57 bits per heavy atom. The fourth-order valence-electron chi connectivity index (χ4n) is 2.31. The molecule has 2 atom stereocenters. The quantitative estimate of drug-likeness (QED) is 0.597. The summed E-state index contributed by atoms with van der Waals surface area (Å²) in [6.07, 6.45) is 1.05. The summed E-state index contributed by atoms with van der Waals surface area (Å²) in [7, 11) is 0. The van der Waals surface area contributed by atoms with Crippen molar-refractivity contribution >= 4 is 11.6 Å². The Morgan fingerprint density at radius 1 is 1.00 bits per heavy atom. The van der Waals surface area contributed by atoms with Gasteiger partial charge in [0.1, 0.15) is 11.6 Å². The average molecular weight is 309 g/mol. The Hall–Kier alpha value is -1.41. The maximum absolute atomic E-state index is 14.1. The first kappa shape index (κ1) is 16.0. The molecule has 0 aliphatic carbocycles. The summed E-state index contributed by atoms with van der Waals surface area (Å²) in [5.41, 5.74) is 2.23. The van der Waals surface area contributed by atoms with Gasteiger partial charge in [-0.3, -0.25) is 0 Å². The summed E-state index contributed by atoms with van der Waals surface area (Å²) in [5.74, 6) is -0.717. The number of alkyl halides is 1. The van der Waals surface area contributed by atoms with Gasteiger partial charge in [0, 0.05) is 5.56 Å². The summed E-state index contributed by atoms with van der Waals surface area (Å²) in [6, 6.07) is 10.3. The minimum absolute atomic E-state index is 0.0760. The van der Waals surface area contributed by atoms with Gasteiger partial charge in [-0.25, -0.2) is 8.78 Å². The Morgan fingerprint density at radius 3 is 2.14 bits per heavy atom. The molecule has 0 saturated heterocycles. The van der Waals surface area contributed by atoms with Gasteiger partial charge in [-0.05, 0) is 42.0 Å². The first-order valence-electron chi connectivity index (χ1n) is 7.14. The fraction of sp³-hybridized carbons (Fsp3) is 0.333. The zero-order valence-electron chi connectivity index (χ0n) is 12.5. The van der Waals surface area contributed by atoms with Crippen LogP contribution in [0.3, 0.4) is 0 Å². The van der Waals surface area contributed by atoms with E-state index in [2.05, 4.69) is 13.8 Å². The third-order valence-electron chi connectivity index (χ3n) is 3.98. The van der Waals surface area contributed by atoms with E-state index in [1.54, 1.807) is 6.92 Å². The molecule has 2 aromatic carbocycles. The van der Waals surface area contributed by atoms with Gasteiger partial charge < -0.3 is 0 Å². The molecular weight excluding hydrogens is 290 g/mol. The highest BCUT2D eigenvalue weighted by Crippen LogP contribution is 2.34. The van der Waals surface area contributed by atoms with Crippen LogP contribution in [-0.2, 0) is 0 Å². The molecular formula is C18H19ClF2. The van der Waals surface area contributed by atoms with Crippen LogP contribution in [0.2, 0.25) is 0 Å². The lowest BCUT2D eigenvalue weighted by atomic mass is 9.95. The van der Waals surface area contributed by atoms with E-state index in [1.165, 1.54) is 17.7 Å². The van der Waals surface area contributed by atoms with Gasteiger partial charge in [0.25, 0.3) is 0 Å². The molecule has 112 valence electrons. The molecule has 2 unspecified atom stereocenters. The van der Waals surface area contributed by atoms with Crippen molar-refractivity contribution in [3.63, 3.8) is 0 Å². The SMILES string of the molecule is CCC(C)c1ccc(C(Cl)c2c(F)ccc(C)c2F)cc1. The van der Waals surface area contributed by atoms with E-state index < -0.39 is 17.0 Å². The minimum Gasteiger partial charge on any atom is -0.207 e. The molecule has 0 aliphatic rings. The van der Waals surface area contributed by atoms with Crippen molar-refractivity contribution in [3.8, 4) is 0 Å². The number of rotatable bonds is 4. The van der Waals surface area contributed by atoms with Gasteiger partial charge in [-0.15, -0.1) is 11.6 Å². The van der Waals surface area contributed by atoms with E-state index in [0.717, 1.165) is 6.42 Å². The van der Waals surface area contributed by atoms with Crippen LogP contribution in [0.5, 0.6) is 0 Å². The lowest BCUT2D eigenvalue weighted by Gasteiger charge is -2.15. The standard InChI is InChI=1S/C18H19ClF2/c1-4-11(2)13-6-8-14(9-7-13)17(19)16-15(20)10-5-12(3)18(16)21/h5-11,17H,4H2,1-3H3. The molecule has 2 rings (SSSR count). The molecule has 0 amide bonds. The van der Waals surface area contributed by atoms with Crippen molar-refractivity contribution in [1.29, 1.82) is 0 Å². The first-order chi connectivity index (χ1) is 9.95. The maximum Gasteiger partial charge on any atom is 0.134 e. The van der Waals surface area contributed by atoms with Crippen LogP contribution in [0.4, 0.5) is 8.78 Å². The van der Waals surface area contributed by atoms with Crippen LogP contribution in [0.15, 0.2) is 36.4 Å². The molecule has 0 N–H and O–H groups in total. The second kappa shape index (κ2) is 6.57. The molecule has 0 heterocycles. The lowest BCUT2D eigenvalue weighted by Crippen LogP contribution is -2.03. The predicted octanol–water partition coefficient (Wildman–Crippen LogP) is 6.11. The third kappa shape index (κ3) is 3.26. The van der Waals surface area contributed by atoms with Crippen LogP contribution in [0.25, 0.3) is 0 Å². The number of benzene rings is 2. The third-order valence-corrected chi connectivity index (χ3v) is 4.45. The minimum atomic E-state index is -0.823. The molecule has 3 heteroatoms. The second-order valence-electron chi connectivity index (χ2n) is 5.43. The smallest absolute Gasteiger partial charge is 0.134 e. The van der Waals surface area contributed by atoms with E-state index in [4.69, 9.17) is 11.6 Å².